The van der Waals surface area contributed by atoms with E-state index in [2.05, 4.69) is 26.4 Å². The molecule has 2 amide bonds. The minimum Gasteiger partial charge on any atom is -0.593 e. The summed E-state index contributed by atoms with van der Waals surface area (Å²) in [5.41, 5.74) is 4.15. The summed E-state index contributed by atoms with van der Waals surface area (Å²) >= 11 is -1.52. The smallest absolute Gasteiger partial charge is 0.292 e. The fourth-order valence-corrected chi connectivity index (χ4v) is 5.30. The highest BCUT2D eigenvalue weighted by molar-refractivity contribution is 7.89. The van der Waals surface area contributed by atoms with Crippen molar-refractivity contribution in [2.45, 2.75) is 5.75 Å². The van der Waals surface area contributed by atoms with Crippen molar-refractivity contribution in [1.82, 2.24) is 14.6 Å². The zero-order valence-corrected chi connectivity index (χ0v) is 23.0. The number of benzene rings is 3. The van der Waals surface area contributed by atoms with Crippen LogP contribution in [0.15, 0.2) is 97.3 Å². The lowest BCUT2D eigenvalue weighted by Gasteiger charge is -2.36. The maximum absolute atomic E-state index is 13.2. The van der Waals surface area contributed by atoms with E-state index in [1.54, 1.807) is 59.8 Å². The lowest BCUT2D eigenvalue weighted by molar-refractivity contribution is 0.0746. The van der Waals surface area contributed by atoms with E-state index in [0.29, 0.717) is 42.9 Å². The number of piperazine rings is 1. The molecule has 8 nitrogen and oxygen atoms in total. The number of phenolic OH excluding ortho intramolecular Hbond substituents is 1. The van der Waals surface area contributed by atoms with Crippen LogP contribution in [0.2, 0.25) is 0 Å². The van der Waals surface area contributed by atoms with Gasteiger partial charge in [-0.1, -0.05) is 42.2 Å². The SMILES string of the molecule is O=C(N[S+]([O-])Cc1ccccc1)c1ccc(N2CCN(C(=O)c3cncc(C#Cc4ccc(O)cc4)c3)CC2)cc1. The largest absolute Gasteiger partial charge is 0.593 e. The Hall–Kier alpha value is -4.78. The Labute approximate surface area is 242 Å². The number of carbonyl (C=O) groups excluding carboxylic acids is 2. The summed E-state index contributed by atoms with van der Waals surface area (Å²) in [6.07, 6.45) is 3.17. The molecule has 4 aromatic rings. The van der Waals surface area contributed by atoms with Crippen molar-refractivity contribution in [1.29, 1.82) is 0 Å². The molecule has 9 heteroatoms. The summed E-state index contributed by atoms with van der Waals surface area (Å²) in [4.78, 5) is 33.9. The van der Waals surface area contributed by atoms with Crippen LogP contribution in [0, 0.1) is 11.8 Å². The van der Waals surface area contributed by atoms with Gasteiger partial charge in [-0.05, 0) is 54.6 Å². The number of nitrogens with one attached hydrogen (secondary N) is 1. The van der Waals surface area contributed by atoms with Crippen molar-refractivity contribution in [2.24, 2.45) is 0 Å². The minimum absolute atomic E-state index is 0.0963. The van der Waals surface area contributed by atoms with E-state index < -0.39 is 11.4 Å². The van der Waals surface area contributed by atoms with Gasteiger partial charge >= 0.3 is 0 Å². The molecule has 1 aliphatic rings. The monoisotopic (exact) mass is 564 g/mol. The van der Waals surface area contributed by atoms with Crippen LogP contribution in [0.25, 0.3) is 0 Å². The van der Waals surface area contributed by atoms with Gasteiger partial charge in [0.1, 0.15) is 5.75 Å². The molecule has 1 saturated heterocycles. The molecule has 0 spiro atoms. The molecule has 2 N–H and O–H groups in total. The van der Waals surface area contributed by atoms with Gasteiger partial charge in [0, 0.05) is 66.5 Å². The highest BCUT2D eigenvalue weighted by atomic mass is 32.2. The summed E-state index contributed by atoms with van der Waals surface area (Å²) in [5.74, 6) is 5.99. The van der Waals surface area contributed by atoms with Gasteiger partial charge in [0.25, 0.3) is 11.8 Å². The van der Waals surface area contributed by atoms with Crippen molar-refractivity contribution in [3.05, 3.63) is 125 Å². The van der Waals surface area contributed by atoms with Crippen LogP contribution in [0.3, 0.4) is 0 Å². The van der Waals surface area contributed by atoms with Gasteiger partial charge in [0.2, 0.25) is 0 Å². The second-order valence-electron chi connectivity index (χ2n) is 9.49. The maximum Gasteiger partial charge on any atom is 0.292 e. The molecule has 41 heavy (non-hydrogen) atoms. The van der Waals surface area contributed by atoms with Crippen LogP contribution in [0.5, 0.6) is 5.75 Å². The van der Waals surface area contributed by atoms with Crippen LogP contribution < -0.4 is 9.62 Å². The predicted octanol–water partition coefficient (Wildman–Crippen LogP) is 3.74. The Balaban J connectivity index is 1.13. The number of rotatable bonds is 6. The third-order valence-electron chi connectivity index (χ3n) is 6.61. The number of hydrogen-bond donors (Lipinski definition) is 2. The second-order valence-corrected chi connectivity index (χ2v) is 10.7. The molecule has 1 unspecified atom stereocenters. The van der Waals surface area contributed by atoms with Crippen LogP contribution in [-0.2, 0) is 17.1 Å². The number of aromatic nitrogens is 1. The molecule has 2 heterocycles. The summed E-state index contributed by atoms with van der Waals surface area (Å²) in [6.45, 7) is 2.38. The molecule has 1 aliphatic heterocycles. The van der Waals surface area contributed by atoms with Crippen molar-refractivity contribution in [3.8, 4) is 17.6 Å². The standard InChI is InChI=1S/C32H28N4O4S/c37-30-14-8-24(9-15-30)6-7-26-20-28(22-33-21-26)32(39)36-18-16-35(17-19-36)29-12-10-27(11-13-29)31(38)34-41(40)23-25-4-2-1-3-5-25/h1-5,8-15,20-22,37H,16-19,23H2,(H,34,38). The molecule has 1 aromatic heterocycles. The Morgan fingerprint density at radius 1 is 0.854 bits per heavy atom. The summed E-state index contributed by atoms with van der Waals surface area (Å²) < 4.78 is 14.9. The van der Waals surface area contributed by atoms with Gasteiger partial charge in [-0.15, -0.1) is 0 Å². The highest BCUT2D eigenvalue weighted by Gasteiger charge is 2.23. The summed E-state index contributed by atoms with van der Waals surface area (Å²) in [6, 6.07) is 24.9. The molecular formula is C32H28N4O4S. The molecule has 1 atom stereocenters. The van der Waals surface area contributed by atoms with Gasteiger partial charge in [0.15, 0.2) is 5.75 Å². The first-order valence-electron chi connectivity index (χ1n) is 13.1. The molecular weight excluding hydrogens is 536 g/mol. The minimum atomic E-state index is -1.52. The lowest BCUT2D eigenvalue weighted by atomic mass is 10.1. The molecule has 1 fully saturated rings. The van der Waals surface area contributed by atoms with Gasteiger partial charge < -0.3 is 19.5 Å². The Kier molecular flexibility index (Phi) is 8.84. The molecule has 0 bridgehead atoms. The number of aromatic hydroxyl groups is 1. The van der Waals surface area contributed by atoms with Gasteiger partial charge in [-0.2, -0.15) is 4.72 Å². The van der Waals surface area contributed by atoms with E-state index in [9.17, 15) is 19.2 Å². The van der Waals surface area contributed by atoms with E-state index in [1.165, 1.54) is 0 Å². The first-order valence-corrected chi connectivity index (χ1v) is 14.4. The molecule has 5 rings (SSSR count). The number of pyridine rings is 1. The van der Waals surface area contributed by atoms with Crippen LogP contribution in [-0.4, -0.2) is 57.5 Å². The average Bonchev–Trinajstić information content (AvgIpc) is 3.01. The molecule has 206 valence electrons. The predicted molar refractivity (Wildman–Crippen MR) is 159 cm³/mol. The van der Waals surface area contributed by atoms with E-state index in [4.69, 9.17) is 0 Å². The summed E-state index contributed by atoms with van der Waals surface area (Å²) in [7, 11) is 0. The van der Waals surface area contributed by atoms with Crippen LogP contribution in [0.4, 0.5) is 5.69 Å². The number of hydrogen-bond acceptors (Lipinski definition) is 6. The fraction of sp³-hybridized carbons (Fsp3) is 0.156. The van der Waals surface area contributed by atoms with E-state index in [0.717, 1.165) is 16.8 Å². The van der Waals surface area contributed by atoms with E-state index >= 15 is 0 Å². The van der Waals surface area contributed by atoms with Crippen LogP contribution in [0.1, 0.15) is 37.4 Å². The normalized spacial score (nSPS) is 13.6. The summed E-state index contributed by atoms with van der Waals surface area (Å²) in [5, 5.41) is 9.41. The number of nitrogens with zero attached hydrogens (tertiary/aromatic N) is 3. The highest BCUT2D eigenvalue weighted by Crippen LogP contribution is 2.19. The number of phenols is 1. The number of anilines is 1. The van der Waals surface area contributed by atoms with Gasteiger partial charge in [-0.3, -0.25) is 14.6 Å². The molecule has 0 radical (unpaired) electrons. The first kappa shape index (κ1) is 27.8. The maximum atomic E-state index is 13.2. The Morgan fingerprint density at radius 2 is 1.54 bits per heavy atom. The third kappa shape index (κ3) is 7.45. The van der Waals surface area contributed by atoms with Crippen molar-refractivity contribution < 1.29 is 19.2 Å². The van der Waals surface area contributed by atoms with Gasteiger partial charge in [0.05, 0.1) is 16.9 Å². The number of amides is 2. The Morgan fingerprint density at radius 3 is 2.24 bits per heavy atom. The fourth-order valence-electron chi connectivity index (χ4n) is 4.41. The lowest BCUT2D eigenvalue weighted by Crippen LogP contribution is -2.48. The zero-order valence-electron chi connectivity index (χ0n) is 22.2. The molecule has 0 aliphatic carbocycles. The average molecular weight is 565 g/mol. The van der Waals surface area contributed by atoms with Crippen molar-refractivity contribution in [3.63, 3.8) is 0 Å². The van der Waals surface area contributed by atoms with Gasteiger partial charge in [-0.25, -0.2) is 0 Å². The zero-order chi connectivity index (χ0) is 28.6. The second kappa shape index (κ2) is 13.0. The van der Waals surface area contributed by atoms with Crippen LogP contribution >= 0.6 is 0 Å². The molecule has 0 saturated carbocycles. The number of carbonyl (C=O) groups is 2. The van der Waals surface area contributed by atoms with E-state index in [1.807, 2.05) is 42.5 Å². The Bertz CT molecular complexity index is 1560. The van der Waals surface area contributed by atoms with Crippen molar-refractivity contribution in [2.75, 3.05) is 31.1 Å². The quantitative estimate of drug-likeness (QED) is 0.273. The third-order valence-corrected chi connectivity index (χ3v) is 7.62. The first-order chi connectivity index (χ1) is 19.9. The molecule has 3 aromatic carbocycles. The van der Waals surface area contributed by atoms with Crippen molar-refractivity contribution >= 4 is 28.9 Å². The van der Waals surface area contributed by atoms with E-state index in [-0.39, 0.29) is 23.3 Å². The topological polar surface area (TPSA) is 109 Å².